The average molecular weight is 327 g/mol. The van der Waals surface area contributed by atoms with Crippen molar-refractivity contribution in [3.8, 4) is 5.75 Å². The molecule has 0 aliphatic rings. The highest BCUT2D eigenvalue weighted by atomic mass is 16.5. The Balaban J connectivity index is 1.79. The number of anilines is 1. The van der Waals surface area contributed by atoms with E-state index in [1.165, 1.54) is 0 Å². The lowest BCUT2D eigenvalue weighted by Gasteiger charge is -2.16. The summed E-state index contributed by atoms with van der Waals surface area (Å²) in [4.78, 5) is 25.5. The summed E-state index contributed by atoms with van der Waals surface area (Å²) in [5.74, 6) is 0.404. The number of hydrogen-bond acceptors (Lipinski definition) is 4. The van der Waals surface area contributed by atoms with Gasteiger partial charge in [-0.15, -0.1) is 0 Å². The molecular formula is C18H21N3O3. The number of ether oxygens (including phenoxy) is 1. The van der Waals surface area contributed by atoms with Gasteiger partial charge in [-0.1, -0.05) is 30.3 Å². The maximum Gasteiger partial charge on any atom is 0.325 e. The van der Waals surface area contributed by atoms with Gasteiger partial charge < -0.3 is 10.1 Å². The van der Waals surface area contributed by atoms with Crippen molar-refractivity contribution in [2.45, 2.75) is 6.54 Å². The predicted molar refractivity (Wildman–Crippen MR) is 92.9 cm³/mol. The molecule has 2 rings (SSSR count). The molecule has 0 saturated carbocycles. The maximum atomic E-state index is 11.9. The minimum atomic E-state index is -0.541. The highest BCUT2D eigenvalue weighted by Crippen LogP contribution is 2.13. The quantitative estimate of drug-likeness (QED) is 0.855. The van der Waals surface area contributed by atoms with Crippen molar-refractivity contribution in [2.75, 3.05) is 26.0 Å². The second-order valence-corrected chi connectivity index (χ2v) is 5.39. The molecule has 2 N–H and O–H groups in total. The van der Waals surface area contributed by atoms with E-state index >= 15 is 0 Å². The summed E-state index contributed by atoms with van der Waals surface area (Å²) < 4.78 is 5.18. The zero-order valence-electron chi connectivity index (χ0n) is 13.8. The second-order valence-electron chi connectivity index (χ2n) is 5.39. The molecule has 0 atom stereocenters. The third kappa shape index (κ3) is 5.73. The summed E-state index contributed by atoms with van der Waals surface area (Å²) in [5, 5.41) is 4.92. The lowest BCUT2D eigenvalue weighted by Crippen LogP contribution is -2.40. The Morgan fingerprint density at radius 2 is 1.83 bits per heavy atom. The SMILES string of the molecule is COc1cccc(CN(C)CC(=O)NC(=O)Nc2ccccc2)c1. The highest BCUT2D eigenvalue weighted by molar-refractivity contribution is 6.01. The van der Waals surface area contributed by atoms with Gasteiger partial charge in [0.1, 0.15) is 5.75 Å². The first-order valence-electron chi connectivity index (χ1n) is 7.54. The van der Waals surface area contributed by atoms with Gasteiger partial charge in [0, 0.05) is 12.2 Å². The Morgan fingerprint density at radius 1 is 1.08 bits per heavy atom. The van der Waals surface area contributed by atoms with Gasteiger partial charge >= 0.3 is 6.03 Å². The summed E-state index contributed by atoms with van der Waals surface area (Å²) >= 11 is 0. The van der Waals surface area contributed by atoms with Crippen molar-refractivity contribution in [3.63, 3.8) is 0 Å². The fourth-order valence-electron chi connectivity index (χ4n) is 2.23. The lowest BCUT2D eigenvalue weighted by molar-refractivity contribution is -0.120. The number of urea groups is 1. The van der Waals surface area contributed by atoms with E-state index in [-0.39, 0.29) is 12.5 Å². The molecule has 6 heteroatoms. The van der Waals surface area contributed by atoms with Crippen LogP contribution in [-0.4, -0.2) is 37.5 Å². The van der Waals surface area contributed by atoms with Crippen LogP contribution in [0.25, 0.3) is 0 Å². The van der Waals surface area contributed by atoms with Crippen molar-refractivity contribution in [1.82, 2.24) is 10.2 Å². The smallest absolute Gasteiger partial charge is 0.325 e. The van der Waals surface area contributed by atoms with Crippen LogP contribution in [0.1, 0.15) is 5.56 Å². The summed E-state index contributed by atoms with van der Waals surface area (Å²) in [5.41, 5.74) is 1.66. The van der Waals surface area contributed by atoms with E-state index in [9.17, 15) is 9.59 Å². The van der Waals surface area contributed by atoms with E-state index in [1.54, 1.807) is 31.4 Å². The van der Waals surface area contributed by atoms with Gasteiger partial charge in [-0.05, 0) is 36.9 Å². The molecule has 6 nitrogen and oxygen atoms in total. The average Bonchev–Trinajstić information content (AvgIpc) is 2.55. The molecule has 2 aromatic carbocycles. The van der Waals surface area contributed by atoms with Crippen LogP contribution in [0.5, 0.6) is 5.75 Å². The third-order valence-electron chi connectivity index (χ3n) is 3.28. The standard InChI is InChI=1S/C18H21N3O3/c1-21(12-14-7-6-10-16(11-14)24-2)13-17(22)20-18(23)19-15-8-4-3-5-9-15/h3-11H,12-13H2,1-2H3,(H2,19,20,22,23). The van der Waals surface area contributed by atoms with Gasteiger partial charge in [0.25, 0.3) is 0 Å². The number of carbonyl (C=O) groups is 2. The fourth-order valence-corrected chi connectivity index (χ4v) is 2.23. The number of likely N-dealkylation sites (N-methyl/N-ethyl adjacent to an activating group) is 1. The van der Waals surface area contributed by atoms with E-state index in [0.717, 1.165) is 11.3 Å². The van der Waals surface area contributed by atoms with Crippen molar-refractivity contribution >= 4 is 17.6 Å². The molecule has 3 amide bonds. The van der Waals surface area contributed by atoms with E-state index < -0.39 is 6.03 Å². The van der Waals surface area contributed by atoms with Gasteiger partial charge in [0.2, 0.25) is 5.91 Å². The molecule has 24 heavy (non-hydrogen) atoms. The Kier molecular flexibility index (Phi) is 6.33. The van der Waals surface area contributed by atoms with Gasteiger partial charge in [-0.3, -0.25) is 15.0 Å². The molecule has 0 spiro atoms. The fraction of sp³-hybridized carbons (Fsp3) is 0.222. The Morgan fingerprint density at radius 3 is 2.54 bits per heavy atom. The number of nitrogens with zero attached hydrogens (tertiary/aromatic N) is 1. The van der Waals surface area contributed by atoms with E-state index in [1.807, 2.05) is 42.3 Å². The third-order valence-corrected chi connectivity index (χ3v) is 3.28. The van der Waals surface area contributed by atoms with Crippen LogP contribution in [0.15, 0.2) is 54.6 Å². The van der Waals surface area contributed by atoms with Crippen LogP contribution in [0.2, 0.25) is 0 Å². The number of rotatable bonds is 6. The number of imide groups is 1. The van der Waals surface area contributed by atoms with E-state index in [4.69, 9.17) is 4.74 Å². The summed E-state index contributed by atoms with van der Waals surface area (Å²) in [6.45, 7) is 0.685. The van der Waals surface area contributed by atoms with Crippen molar-refractivity contribution < 1.29 is 14.3 Å². The molecule has 2 aromatic rings. The predicted octanol–water partition coefficient (Wildman–Crippen LogP) is 2.48. The topological polar surface area (TPSA) is 70.7 Å². The molecule has 0 aliphatic carbocycles. The summed E-state index contributed by atoms with van der Waals surface area (Å²) in [7, 11) is 3.43. The molecule has 0 aliphatic heterocycles. The van der Waals surface area contributed by atoms with Crippen LogP contribution in [-0.2, 0) is 11.3 Å². The molecule has 0 radical (unpaired) electrons. The van der Waals surface area contributed by atoms with Crippen molar-refractivity contribution in [3.05, 3.63) is 60.2 Å². The maximum absolute atomic E-state index is 11.9. The van der Waals surface area contributed by atoms with Crippen molar-refractivity contribution in [2.24, 2.45) is 0 Å². The molecule has 0 saturated heterocycles. The van der Waals surface area contributed by atoms with Crippen LogP contribution >= 0.6 is 0 Å². The number of para-hydroxylation sites is 1. The molecule has 0 bridgehead atoms. The summed E-state index contributed by atoms with van der Waals surface area (Å²) in [6.07, 6.45) is 0. The number of methoxy groups -OCH3 is 1. The first-order valence-corrected chi connectivity index (χ1v) is 7.54. The van der Waals surface area contributed by atoms with Crippen molar-refractivity contribution in [1.29, 1.82) is 0 Å². The minimum absolute atomic E-state index is 0.111. The zero-order valence-corrected chi connectivity index (χ0v) is 13.8. The monoisotopic (exact) mass is 327 g/mol. The van der Waals surface area contributed by atoms with Gasteiger partial charge in [-0.2, -0.15) is 0 Å². The number of amides is 3. The highest BCUT2D eigenvalue weighted by Gasteiger charge is 2.11. The Bertz CT molecular complexity index is 689. The Hall–Kier alpha value is -2.86. The Labute approximate surface area is 141 Å². The molecule has 0 fully saturated rings. The number of benzene rings is 2. The largest absolute Gasteiger partial charge is 0.497 e. The lowest BCUT2D eigenvalue weighted by atomic mass is 10.2. The second kappa shape index (κ2) is 8.69. The first kappa shape index (κ1) is 17.5. The van der Waals surface area contributed by atoms with Crippen LogP contribution in [0.3, 0.4) is 0 Å². The minimum Gasteiger partial charge on any atom is -0.497 e. The molecule has 0 heterocycles. The van der Waals surface area contributed by atoms with Crippen LogP contribution in [0, 0.1) is 0 Å². The number of carbonyl (C=O) groups excluding carboxylic acids is 2. The molecular weight excluding hydrogens is 306 g/mol. The number of nitrogens with one attached hydrogen (secondary N) is 2. The zero-order chi connectivity index (χ0) is 17.4. The molecule has 126 valence electrons. The van der Waals surface area contributed by atoms with Crippen LogP contribution < -0.4 is 15.4 Å². The summed E-state index contributed by atoms with van der Waals surface area (Å²) in [6, 6.07) is 16.0. The number of hydrogen-bond donors (Lipinski definition) is 2. The first-order chi connectivity index (χ1) is 11.6. The van der Waals surface area contributed by atoms with Crippen LogP contribution in [0.4, 0.5) is 10.5 Å². The molecule has 0 aromatic heterocycles. The normalized spacial score (nSPS) is 10.3. The van der Waals surface area contributed by atoms with Gasteiger partial charge in [0.05, 0.1) is 13.7 Å². The molecule has 0 unspecified atom stereocenters. The van der Waals surface area contributed by atoms with E-state index in [0.29, 0.717) is 12.2 Å². The van der Waals surface area contributed by atoms with Gasteiger partial charge in [0.15, 0.2) is 0 Å². The van der Waals surface area contributed by atoms with E-state index in [2.05, 4.69) is 10.6 Å². The van der Waals surface area contributed by atoms with Gasteiger partial charge in [-0.25, -0.2) is 4.79 Å².